The van der Waals surface area contributed by atoms with Crippen molar-refractivity contribution in [3.8, 4) is 5.75 Å². The van der Waals surface area contributed by atoms with E-state index in [1.165, 1.54) is 0 Å². The third-order valence-electron chi connectivity index (χ3n) is 3.44. The van der Waals surface area contributed by atoms with E-state index in [0.29, 0.717) is 0 Å². The molecule has 20 heavy (non-hydrogen) atoms. The van der Waals surface area contributed by atoms with Crippen LogP contribution in [0.5, 0.6) is 5.75 Å². The number of nitrogens with one attached hydrogen (secondary N) is 1. The molecule has 0 amide bonds. The molecule has 0 saturated carbocycles. The lowest BCUT2D eigenvalue weighted by molar-refractivity contribution is 0.239. The van der Waals surface area contributed by atoms with Crippen LogP contribution in [0.15, 0.2) is 18.3 Å². The fourth-order valence-electron chi connectivity index (χ4n) is 2.35. The summed E-state index contributed by atoms with van der Waals surface area (Å²) in [5.41, 5.74) is 0. The number of ether oxygens (including phenoxy) is 1. The van der Waals surface area contributed by atoms with E-state index in [1.54, 1.807) is 0 Å². The van der Waals surface area contributed by atoms with Gasteiger partial charge in [-0.25, -0.2) is 4.98 Å². The lowest BCUT2D eigenvalue weighted by atomic mass is 10.3. The van der Waals surface area contributed by atoms with Crippen molar-refractivity contribution < 1.29 is 4.74 Å². The summed E-state index contributed by atoms with van der Waals surface area (Å²) in [6, 6.07) is 3.91. The second-order valence-corrected chi connectivity index (χ2v) is 5.50. The van der Waals surface area contributed by atoms with Crippen LogP contribution in [0.25, 0.3) is 0 Å². The molecule has 5 heteroatoms. The van der Waals surface area contributed by atoms with E-state index < -0.39 is 0 Å². The highest BCUT2D eigenvalue weighted by Crippen LogP contribution is 2.25. The summed E-state index contributed by atoms with van der Waals surface area (Å²) in [4.78, 5) is 9.13. The molecule has 2 rings (SSSR count). The number of nitrogens with zero attached hydrogens (tertiary/aromatic N) is 3. The molecule has 1 aliphatic heterocycles. The Labute approximate surface area is 121 Å². The first-order valence-electron chi connectivity index (χ1n) is 7.42. The van der Waals surface area contributed by atoms with Crippen LogP contribution < -0.4 is 15.0 Å². The van der Waals surface area contributed by atoms with Crippen molar-refractivity contribution in [3.05, 3.63) is 18.3 Å². The molecule has 0 atom stereocenters. The molecule has 1 aliphatic rings. The summed E-state index contributed by atoms with van der Waals surface area (Å²) in [7, 11) is 2.08. The van der Waals surface area contributed by atoms with Gasteiger partial charge in [-0.3, -0.25) is 4.90 Å². The van der Waals surface area contributed by atoms with Crippen LogP contribution in [0.2, 0.25) is 0 Å². The molecule has 0 aromatic carbocycles. The van der Waals surface area contributed by atoms with Crippen molar-refractivity contribution in [2.24, 2.45) is 0 Å². The first-order valence-corrected chi connectivity index (χ1v) is 7.42. The topological polar surface area (TPSA) is 40.6 Å². The van der Waals surface area contributed by atoms with Gasteiger partial charge in [0, 0.05) is 52.5 Å². The zero-order chi connectivity index (χ0) is 14.4. The maximum atomic E-state index is 5.83. The molecule has 1 N–H and O–H groups in total. The summed E-state index contributed by atoms with van der Waals surface area (Å²) in [6.45, 7) is 10.6. The number of pyridine rings is 1. The Morgan fingerprint density at radius 2 is 2.15 bits per heavy atom. The molecule has 1 saturated heterocycles. The third kappa shape index (κ3) is 4.35. The molecule has 1 fully saturated rings. The minimum absolute atomic E-state index is 0.166. The molecule has 0 unspecified atom stereocenters. The maximum absolute atomic E-state index is 5.83. The monoisotopic (exact) mass is 278 g/mol. The van der Waals surface area contributed by atoms with Crippen LogP contribution in [0, 0.1) is 0 Å². The van der Waals surface area contributed by atoms with Gasteiger partial charge < -0.3 is 15.0 Å². The van der Waals surface area contributed by atoms with Crippen LogP contribution >= 0.6 is 0 Å². The minimum Gasteiger partial charge on any atom is -0.487 e. The quantitative estimate of drug-likeness (QED) is 0.847. The first-order chi connectivity index (χ1) is 9.66. The van der Waals surface area contributed by atoms with E-state index in [4.69, 9.17) is 4.74 Å². The fraction of sp³-hybridized carbons (Fsp3) is 0.667. The van der Waals surface area contributed by atoms with Gasteiger partial charge in [-0.15, -0.1) is 0 Å². The van der Waals surface area contributed by atoms with Gasteiger partial charge in [0.25, 0.3) is 0 Å². The largest absolute Gasteiger partial charge is 0.487 e. The Bertz CT molecular complexity index is 405. The predicted octanol–water partition coefficient (Wildman–Crippen LogP) is 1.21. The van der Waals surface area contributed by atoms with Gasteiger partial charge in [-0.1, -0.05) is 0 Å². The highest BCUT2D eigenvalue weighted by molar-refractivity contribution is 5.51. The van der Waals surface area contributed by atoms with Gasteiger partial charge in [-0.2, -0.15) is 0 Å². The van der Waals surface area contributed by atoms with Crippen LogP contribution in [0.3, 0.4) is 0 Å². The lowest BCUT2D eigenvalue weighted by Crippen LogP contribution is -2.46. The van der Waals surface area contributed by atoms with Gasteiger partial charge in [0.05, 0.1) is 6.10 Å². The Balaban J connectivity index is 1.92. The molecular weight excluding hydrogens is 252 g/mol. The Kier molecular flexibility index (Phi) is 5.61. The van der Waals surface area contributed by atoms with Crippen molar-refractivity contribution in [1.82, 2.24) is 15.2 Å². The number of hydrogen-bond donors (Lipinski definition) is 1. The first kappa shape index (κ1) is 15.1. The lowest BCUT2D eigenvalue weighted by Gasteiger charge is -2.30. The van der Waals surface area contributed by atoms with Crippen LogP contribution in [0.1, 0.15) is 13.8 Å². The summed E-state index contributed by atoms with van der Waals surface area (Å²) in [5.74, 6) is 1.79. The van der Waals surface area contributed by atoms with Crippen molar-refractivity contribution >= 4 is 5.82 Å². The molecule has 5 nitrogen and oxygen atoms in total. The highest BCUT2D eigenvalue weighted by Gasteiger charge is 2.14. The van der Waals surface area contributed by atoms with Gasteiger partial charge in [0.1, 0.15) is 0 Å². The maximum Gasteiger partial charge on any atom is 0.171 e. The molecule has 2 heterocycles. The fourth-order valence-corrected chi connectivity index (χ4v) is 2.35. The molecule has 1 aromatic heterocycles. The van der Waals surface area contributed by atoms with Gasteiger partial charge >= 0.3 is 0 Å². The minimum atomic E-state index is 0.166. The van der Waals surface area contributed by atoms with Crippen LogP contribution in [-0.2, 0) is 0 Å². The van der Waals surface area contributed by atoms with Crippen LogP contribution in [0.4, 0.5) is 5.82 Å². The van der Waals surface area contributed by atoms with Gasteiger partial charge in [0.15, 0.2) is 11.6 Å². The number of anilines is 1. The summed E-state index contributed by atoms with van der Waals surface area (Å²) in [5, 5.41) is 3.38. The van der Waals surface area contributed by atoms with E-state index >= 15 is 0 Å². The van der Waals surface area contributed by atoms with Crippen molar-refractivity contribution in [1.29, 1.82) is 0 Å². The van der Waals surface area contributed by atoms with E-state index in [9.17, 15) is 0 Å². The number of hydrogen-bond acceptors (Lipinski definition) is 5. The second kappa shape index (κ2) is 7.45. The number of piperazine rings is 1. The molecule has 0 spiro atoms. The van der Waals surface area contributed by atoms with Crippen LogP contribution in [-0.4, -0.2) is 62.3 Å². The molecule has 0 radical (unpaired) electrons. The highest BCUT2D eigenvalue weighted by atomic mass is 16.5. The molecule has 0 aliphatic carbocycles. The van der Waals surface area contributed by atoms with Gasteiger partial charge in [0.2, 0.25) is 0 Å². The van der Waals surface area contributed by atoms with Gasteiger partial charge in [-0.05, 0) is 26.0 Å². The second-order valence-electron chi connectivity index (χ2n) is 5.50. The SMILES string of the molecule is CC(C)Oc1cccnc1N(C)CCN1CCNCC1. The summed E-state index contributed by atoms with van der Waals surface area (Å²) >= 11 is 0. The number of likely N-dealkylation sites (N-methyl/N-ethyl adjacent to an activating group) is 1. The Morgan fingerprint density at radius 1 is 1.40 bits per heavy atom. The van der Waals surface area contributed by atoms with E-state index in [0.717, 1.165) is 50.8 Å². The normalized spacial score (nSPS) is 16.4. The molecule has 1 aromatic rings. The average molecular weight is 278 g/mol. The standard InChI is InChI=1S/C15H26N4O/c1-13(2)20-14-5-4-6-17-15(14)18(3)11-12-19-9-7-16-8-10-19/h4-6,13,16H,7-12H2,1-3H3. The Hall–Kier alpha value is -1.33. The average Bonchev–Trinajstić information content (AvgIpc) is 2.46. The summed E-state index contributed by atoms with van der Waals surface area (Å²) < 4.78 is 5.83. The van der Waals surface area contributed by atoms with Crippen molar-refractivity contribution in [2.75, 3.05) is 51.2 Å². The predicted molar refractivity (Wildman–Crippen MR) is 82.6 cm³/mol. The number of aromatic nitrogens is 1. The Morgan fingerprint density at radius 3 is 2.85 bits per heavy atom. The number of rotatable bonds is 6. The van der Waals surface area contributed by atoms with Crippen molar-refractivity contribution in [2.45, 2.75) is 20.0 Å². The molecule has 112 valence electrons. The van der Waals surface area contributed by atoms with E-state index in [-0.39, 0.29) is 6.10 Å². The molecular formula is C15H26N4O. The van der Waals surface area contributed by atoms with Crippen molar-refractivity contribution in [3.63, 3.8) is 0 Å². The summed E-state index contributed by atoms with van der Waals surface area (Å²) in [6.07, 6.45) is 1.99. The third-order valence-corrected chi connectivity index (χ3v) is 3.44. The van der Waals surface area contributed by atoms with E-state index in [2.05, 4.69) is 27.1 Å². The smallest absolute Gasteiger partial charge is 0.171 e. The zero-order valence-electron chi connectivity index (χ0n) is 12.8. The zero-order valence-corrected chi connectivity index (χ0v) is 12.8. The van der Waals surface area contributed by atoms with E-state index in [1.807, 2.05) is 32.2 Å². The molecule has 0 bridgehead atoms.